The SMILES string of the molecule is CCCC1CCCN(S(=O)(=O)CCCNC)CC1. The topological polar surface area (TPSA) is 49.4 Å². The number of nitrogens with zero attached hydrogens (tertiary/aromatic N) is 1. The monoisotopic (exact) mass is 276 g/mol. The molecule has 4 nitrogen and oxygen atoms in total. The molecule has 108 valence electrons. The van der Waals surface area contributed by atoms with E-state index in [1.165, 1.54) is 19.3 Å². The number of rotatable bonds is 7. The molecular formula is C13H28N2O2S. The Morgan fingerprint density at radius 1 is 1.28 bits per heavy atom. The van der Waals surface area contributed by atoms with Gasteiger partial charge in [0.2, 0.25) is 10.0 Å². The molecule has 0 aromatic carbocycles. The Bertz CT molecular complexity index is 317. The first-order chi connectivity index (χ1) is 8.60. The summed E-state index contributed by atoms with van der Waals surface area (Å²) in [4.78, 5) is 0. The second kappa shape index (κ2) is 8.12. The number of hydrogen-bond acceptors (Lipinski definition) is 3. The van der Waals surface area contributed by atoms with Crippen molar-refractivity contribution < 1.29 is 8.42 Å². The molecule has 0 radical (unpaired) electrons. The summed E-state index contributed by atoms with van der Waals surface area (Å²) in [6.07, 6.45) is 6.41. The van der Waals surface area contributed by atoms with Gasteiger partial charge in [-0.2, -0.15) is 0 Å². The summed E-state index contributed by atoms with van der Waals surface area (Å²) < 4.78 is 26.1. The van der Waals surface area contributed by atoms with Crippen LogP contribution in [-0.2, 0) is 10.0 Å². The summed E-state index contributed by atoms with van der Waals surface area (Å²) in [5, 5.41) is 3.00. The van der Waals surface area contributed by atoms with Crippen LogP contribution in [-0.4, -0.2) is 45.2 Å². The van der Waals surface area contributed by atoms with Crippen molar-refractivity contribution in [2.24, 2.45) is 5.92 Å². The second-order valence-electron chi connectivity index (χ2n) is 5.26. The zero-order valence-corrected chi connectivity index (χ0v) is 12.6. The molecule has 0 bridgehead atoms. The molecule has 0 saturated carbocycles. The lowest BCUT2D eigenvalue weighted by Gasteiger charge is -2.20. The van der Waals surface area contributed by atoms with Gasteiger partial charge in [0.25, 0.3) is 0 Å². The molecule has 0 spiro atoms. The molecule has 1 unspecified atom stereocenters. The first kappa shape index (κ1) is 15.9. The van der Waals surface area contributed by atoms with E-state index in [0.717, 1.165) is 38.4 Å². The molecule has 1 aliphatic heterocycles. The van der Waals surface area contributed by atoms with Gasteiger partial charge in [0.1, 0.15) is 0 Å². The van der Waals surface area contributed by atoms with E-state index in [9.17, 15) is 8.42 Å². The van der Waals surface area contributed by atoms with Crippen molar-refractivity contribution in [1.82, 2.24) is 9.62 Å². The van der Waals surface area contributed by atoms with E-state index in [0.29, 0.717) is 6.42 Å². The molecule has 1 saturated heterocycles. The van der Waals surface area contributed by atoms with Crippen LogP contribution >= 0.6 is 0 Å². The van der Waals surface area contributed by atoms with E-state index in [2.05, 4.69) is 12.2 Å². The summed E-state index contributed by atoms with van der Waals surface area (Å²) in [7, 11) is -1.17. The summed E-state index contributed by atoms with van der Waals surface area (Å²) >= 11 is 0. The maximum atomic E-state index is 12.2. The average Bonchev–Trinajstić information content (AvgIpc) is 2.56. The highest BCUT2D eigenvalue weighted by Gasteiger charge is 2.25. The van der Waals surface area contributed by atoms with Crippen molar-refractivity contribution in [3.63, 3.8) is 0 Å². The van der Waals surface area contributed by atoms with Crippen LogP contribution in [0.4, 0.5) is 0 Å². The maximum Gasteiger partial charge on any atom is 0.214 e. The van der Waals surface area contributed by atoms with Crippen molar-refractivity contribution in [2.75, 3.05) is 32.4 Å². The molecule has 1 atom stereocenters. The lowest BCUT2D eigenvalue weighted by molar-refractivity contribution is 0.399. The second-order valence-corrected chi connectivity index (χ2v) is 7.35. The first-order valence-electron chi connectivity index (χ1n) is 7.22. The standard InChI is InChI=1S/C13H28N2O2S/c1-3-6-13-7-4-10-15(11-8-13)18(16,17)12-5-9-14-2/h13-14H,3-12H2,1-2H3. The summed E-state index contributed by atoms with van der Waals surface area (Å²) in [5.74, 6) is 1.01. The summed E-state index contributed by atoms with van der Waals surface area (Å²) in [6.45, 7) is 4.43. The molecule has 0 aliphatic carbocycles. The maximum absolute atomic E-state index is 12.2. The minimum atomic E-state index is -3.02. The molecule has 0 aromatic heterocycles. The molecule has 1 fully saturated rings. The van der Waals surface area contributed by atoms with Crippen LogP contribution in [0.2, 0.25) is 0 Å². The van der Waals surface area contributed by atoms with E-state index in [1.807, 2.05) is 7.05 Å². The van der Waals surface area contributed by atoms with E-state index in [4.69, 9.17) is 0 Å². The van der Waals surface area contributed by atoms with Crippen molar-refractivity contribution in [1.29, 1.82) is 0 Å². The Morgan fingerprint density at radius 2 is 2.06 bits per heavy atom. The van der Waals surface area contributed by atoms with Gasteiger partial charge in [-0.1, -0.05) is 19.8 Å². The van der Waals surface area contributed by atoms with Crippen LogP contribution in [0, 0.1) is 5.92 Å². The van der Waals surface area contributed by atoms with Gasteiger partial charge >= 0.3 is 0 Å². The minimum Gasteiger partial charge on any atom is -0.320 e. The normalized spacial score (nSPS) is 22.9. The van der Waals surface area contributed by atoms with Gasteiger partial charge < -0.3 is 5.32 Å². The average molecular weight is 276 g/mol. The van der Waals surface area contributed by atoms with E-state index < -0.39 is 10.0 Å². The molecule has 1 aliphatic rings. The third-order valence-electron chi connectivity index (χ3n) is 3.73. The van der Waals surface area contributed by atoms with E-state index in [-0.39, 0.29) is 5.75 Å². The van der Waals surface area contributed by atoms with E-state index >= 15 is 0 Å². The Labute approximate surface area is 112 Å². The zero-order chi connectivity index (χ0) is 13.4. The summed E-state index contributed by atoms with van der Waals surface area (Å²) in [6, 6.07) is 0. The Kier molecular flexibility index (Phi) is 7.19. The van der Waals surface area contributed by atoms with Gasteiger partial charge in [0.05, 0.1) is 5.75 Å². The molecule has 1 rings (SSSR count). The fourth-order valence-electron chi connectivity index (χ4n) is 2.67. The largest absolute Gasteiger partial charge is 0.320 e. The lowest BCUT2D eigenvalue weighted by Crippen LogP contribution is -2.34. The smallest absolute Gasteiger partial charge is 0.214 e. The molecule has 0 aromatic rings. The van der Waals surface area contributed by atoms with Crippen molar-refractivity contribution >= 4 is 10.0 Å². The van der Waals surface area contributed by atoms with Gasteiger partial charge in [0.15, 0.2) is 0 Å². The van der Waals surface area contributed by atoms with Crippen LogP contribution in [0.1, 0.15) is 45.4 Å². The van der Waals surface area contributed by atoms with Crippen LogP contribution in [0.5, 0.6) is 0 Å². The Balaban J connectivity index is 2.45. The summed E-state index contributed by atoms with van der Waals surface area (Å²) in [5.41, 5.74) is 0. The highest BCUT2D eigenvalue weighted by Crippen LogP contribution is 2.23. The van der Waals surface area contributed by atoms with E-state index in [1.54, 1.807) is 4.31 Å². The van der Waals surface area contributed by atoms with Crippen molar-refractivity contribution in [3.05, 3.63) is 0 Å². The number of hydrogen-bond donors (Lipinski definition) is 1. The van der Waals surface area contributed by atoms with Crippen molar-refractivity contribution in [2.45, 2.75) is 45.4 Å². The van der Waals surface area contributed by atoms with Gasteiger partial charge in [-0.25, -0.2) is 12.7 Å². The Hall–Kier alpha value is -0.130. The quantitative estimate of drug-likeness (QED) is 0.722. The highest BCUT2D eigenvalue weighted by molar-refractivity contribution is 7.89. The first-order valence-corrected chi connectivity index (χ1v) is 8.83. The molecule has 18 heavy (non-hydrogen) atoms. The van der Waals surface area contributed by atoms with Gasteiger partial charge in [-0.15, -0.1) is 0 Å². The fourth-order valence-corrected chi connectivity index (χ4v) is 4.23. The third kappa shape index (κ3) is 5.24. The molecule has 1 heterocycles. The van der Waals surface area contributed by atoms with Gasteiger partial charge in [0, 0.05) is 13.1 Å². The predicted octanol–water partition coefficient (Wildman–Crippen LogP) is 1.83. The lowest BCUT2D eigenvalue weighted by atomic mass is 9.96. The van der Waals surface area contributed by atoms with Gasteiger partial charge in [-0.05, 0) is 45.2 Å². The van der Waals surface area contributed by atoms with Crippen molar-refractivity contribution in [3.8, 4) is 0 Å². The Morgan fingerprint density at radius 3 is 2.72 bits per heavy atom. The molecular weight excluding hydrogens is 248 g/mol. The minimum absolute atomic E-state index is 0.284. The number of sulfonamides is 1. The van der Waals surface area contributed by atoms with Gasteiger partial charge in [-0.3, -0.25) is 0 Å². The highest BCUT2D eigenvalue weighted by atomic mass is 32.2. The van der Waals surface area contributed by atoms with Crippen LogP contribution in [0.3, 0.4) is 0 Å². The van der Waals surface area contributed by atoms with Crippen LogP contribution in [0.25, 0.3) is 0 Å². The fraction of sp³-hybridized carbons (Fsp3) is 1.00. The van der Waals surface area contributed by atoms with Crippen LogP contribution in [0.15, 0.2) is 0 Å². The molecule has 1 N–H and O–H groups in total. The molecule has 5 heteroatoms. The van der Waals surface area contributed by atoms with Crippen LogP contribution < -0.4 is 5.32 Å². The number of nitrogens with one attached hydrogen (secondary N) is 1. The third-order valence-corrected chi connectivity index (χ3v) is 5.68. The zero-order valence-electron chi connectivity index (χ0n) is 11.8. The predicted molar refractivity (Wildman–Crippen MR) is 76.2 cm³/mol. The molecule has 0 amide bonds.